The van der Waals surface area contributed by atoms with E-state index in [0.717, 1.165) is 64.2 Å². The number of esters is 1. The first kappa shape index (κ1) is 60.2. The predicted octanol–water partition coefficient (Wildman–Crippen LogP) is 13.3. The summed E-state index contributed by atoms with van der Waals surface area (Å²) in [5, 5.41) is 40.3. The maximum absolute atomic E-state index is 12.9. The molecule has 0 aromatic heterocycles. The van der Waals surface area contributed by atoms with Crippen molar-refractivity contribution >= 4 is 5.97 Å². The lowest BCUT2D eigenvalue weighted by Gasteiger charge is -2.39. The standard InChI is InChI=1S/C55H100O9/c1-3-5-7-9-11-13-15-17-19-21-23-25-26-28-30-32-34-36-38-40-42-44-51(57)63-49(48-62-55-54(60)53(59)52(58)50(46-56)64-55)47-61-45-43-41-39-37-35-33-31-29-27-24-22-20-18-16-14-12-10-8-6-4-2/h5,7,11,13,17,19,23,25,49-50,52-56,58-60H,3-4,6,8-10,12,14-16,18,20-22,24,26-48H2,1-2H3/b7-5-,13-11-,19-17-,25-23-. The minimum absolute atomic E-state index is 0.115. The molecule has 4 N–H and O–H groups in total. The van der Waals surface area contributed by atoms with Gasteiger partial charge in [-0.05, 0) is 51.4 Å². The summed E-state index contributed by atoms with van der Waals surface area (Å²) in [6.07, 6.45) is 51.4. The van der Waals surface area contributed by atoms with E-state index in [1.54, 1.807) is 0 Å². The Labute approximate surface area is 392 Å². The number of carbonyl (C=O) groups is 1. The number of aliphatic hydroxyl groups excluding tert-OH is 4. The van der Waals surface area contributed by atoms with Gasteiger partial charge in [-0.25, -0.2) is 0 Å². The second-order valence-corrected chi connectivity index (χ2v) is 18.3. The van der Waals surface area contributed by atoms with Gasteiger partial charge in [0.05, 0.1) is 19.8 Å². The molecule has 374 valence electrons. The van der Waals surface area contributed by atoms with Crippen molar-refractivity contribution in [2.24, 2.45) is 0 Å². The zero-order chi connectivity index (χ0) is 46.4. The molecule has 64 heavy (non-hydrogen) atoms. The average Bonchev–Trinajstić information content (AvgIpc) is 3.30. The molecule has 1 aliphatic rings. The lowest BCUT2D eigenvalue weighted by atomic mass is 9.99. The van der Waals surface area contributed by atoms with Gasteiger partial charge in [0.15, 0.2) is 6.29 Å². The molecular formula is C55H100O9. The van der Waals surface area contributed by atoms with Crippen LogP contribution in [0.25, 0.3) is 0 Å². The van der Waals surface area contributed by atoms with Gasteiger partial charge < -0.3 is 39.4 Å². The molecule has 1 fully saturated rings. The first-order chi connectivity index (χ1) is 31.4. The molecule has 0 radical (unpaired) electrons. The number of rotatable bonds is 46. The molecule has 0 aromatic rings. The van der Waals surface area contributed by atoms with Crippen molar-refractivity contribution in [3.8, 4) is 0 Å². The van der Waals surface area contributed by atoms with E-state index in [4.69, 9.17) is 18.9 Å². The van der Waals surface area contributed by atoms with Crippen molar-refractivity contribution in [1.29, 1.82) is 0 Å². The van der Waals surface area contributed by atoms with E-state index >= 15 is 0 Å². The van der Waals surface area contributed by atoms with Crippen LogP contribution in [0.4, 0.5) is 0 Å². The third kappa shape index (κ3) is 36.3. The van der Waals surface area contributed by atoms with Crippen molar-refractivity contribution in [3.63, 3.8) is 0 Å². The number of aliphatic hydroxyl groups is 4. The Kier molecular flexibility index (Phi) is 43.5. The summed E-state index contributed by atoms with van der Waals surface area (Å²) in [5.74, 6) is -0.319. The Bertz CT molecular complexity index is 1120. The minimum atomic E-state index is -1.54. The zero-order valence-corrected chi connectivity index (χ0v) is 41.3. The normalized spacial score (nSPS) is 19.9. The molecule has 6 unspecified atom stereocenters. The SMILES string of the molecule is CC/C=C\C/C=C\C/C=C\C/C=C\CCCCCCCCCCC(=O)OC(COCCCCCCCCCCCCCCCCCCCCCC)COC1OC(CO)C(O)C(O)C1O. The molecule has 0 amide bonds. The van der Waals surface area contributed by atoms with Crippen molar-refractivity contribution in [3.05, 3.63) is 48.6 Å². The summed E-state index contributed by atoms with van der Waals surface area (Å²) in [4.78, 5) is 12.9. The van der Waals surface area contributed by atoms with Crippen LogP contribution >= 0.6 is 0 Å². The second kappa shape index (κ2) is 46.3. The molecule has 1 saturated heterocycles. The molecule has 1 rings (SSSR count). The fraction of sp³-hybridized carbons (Fsp3) is 0.836. The van der Waals surface area contributed by atoms with Gasteiger partial charge >= 0.3 is 5.97 Å². The molecule has 1 heterocycles. The van der Waals surface area contributed by atoms with Gasteiger partial charge in [-0.2, -0.15) is 0 Å². The van der Waals surface area contributed by atoms with Crippen molar-refractivity contribution in [2.45, 2.75) is 269 Å². The van der Waals surface area contributed by atoms with E-state index < -0.39 is 43.4 Å². The monoisotopic (exact) mass is 905 g/mol. The minimum Gasteiger partial charge on any atom is -0.457 e. The summed E-state index contributed by atoms with van der Waals surface area (Å²) in [6, 6.07) is 0. The molecule has 9 heteroatoms. The van der Waals surface area contributed by atoms with Crippen LogP contribution in [0.1, 0.15) is 232 Å². The Morgan fingerprint density at radius 1 is 0.516 bits per heavy atom. The maximum atomic E-state index is 12.9. The van der Waals surface area contributed by atoms with E-state index in [2.05, 4.69) is 62.5 Å². The maximum Gasteiger partial charge on any atom is 0.306 e. The van der Waals surface area contributed by atoms with Crippen molar-refractivity contribution < 1.29 is 44.2 Å². The number of unbranched alkanes of at least 4 members (excludes halogenated alkanes) is 27. The molecular weight excluding hydrogens is 805 g/mol. The lowest BCUT2D eigenvalue weighted by Crippen LogP contribution is -2.59. The summed E-state index contributed by atoms with van der Waals surface area (Å²) in [7, 11) is 0. The van der Waals surface area contributed by atoms with Gasteiger partial charge in [0.2, 0.25) is 0 Å². The third-order valence-electron chi connectivity index (χ3n) is 12.3. The number of hydrogen-bond acceptors (Lipinski definition) is 9. The Morgan fingerprint density at radius 2 is 0.953 bits per heavy atom. The van der Waals surface area contributed by atoms with E-state index in [1.807, 2.05) is 0 Å². The van der Waals surface area contributed by atoms with Crippen LogP contribution in [0.5, 0.6) is 0 Å². The largest absolute Gasteiger partial charge is 0.457 e. The van der Waals surface area contributed by atoms with Crippen molar-refractivity contribution in [1.82, 2.24) is 0 Å². The Morgan fingerprint density at radius 3 is 1.44 bits per heavy atom. The number of ether oxygens (including phenoxy) is 4. The Balaban J connectivity index is 2.19. The third-order valence-corrected chi connectivity index (χ3v) is 12.3. The van der Waals surface area contributed by atoms with E-state index in [1.165, 1.54) is 148 Å². The molecule has 9 nitrogen and oxygen atoms in total. The van der Waals surface area contributed by atoms with E-state index in [-0.39, 0.29) is 19.2 Å². The van der Waals surface area contributed by atoms with Crippen LogP contribution in [-0.4, -0.2) is 89.6 Å². The number of hydrogen-bond donors (Lipinski definition) is 4. The van der Waals surface area contributed by atoms with Crippen LogP contribution < -0.4 is 0 Å². The van der Waals surface area contributed by atoms with Gasteiger partial charge in [-0.3, -0.25) is 4.79 Å². The fourth-order valence-electron chi connectivity index (χ4n) is 8.13. The van der Waals surface area contributed by atoms with Crippen LogP contribution in [0, 0.1) is 0 Å². The Hall–Kier alpha value is -1.85. The lowest BCUT2D eigenvalue weighted by molar-refractivity contribution is -0.305. The highest BCUT2D eigenvalue weighted by Crippen LogP contribution is 2.23. The van der Waals surface area contributed by atoms with E-state index in [9.17, 15) is 25.2 Å². The van der Waals surface area contributed by atoms with Crippen molar-refractivity contribution in [2.75, 3.05) is 26.4 Å². The second-order valence-electron chi connectivity index (χ2n) is 18.3. The summed E-state index contributed by atoms with van der Waals surface area (Å²) >= 11 is 0. The van der Waals surface area contributed by atoms with Gasteiger partial charge in [-0.1, -0.05) is 223 Å². The van der Waals surface area contributed by atoms with Gasteiger partial charge in [0.1, 0.15) is 30.5 Å². The van der Waals surface area contributed by atoms with Crippen LogP contribution in [-0.2, 0) is 23.7 Å². The topological polar surface area (TPSA) is 135 Å². The van der Waals surface area contributed by atoms with Crippen LogP contribution in [0.3, 0.4) is 0 Å². The highest BCUT2D eigenvalue weighted by atomic mass is 16.7. The summed E-state index contributed by atoms with van der Waals surface area (Å²) in [6.45, 7) is 4.48. The van der Waals surface area contributed by atoms with Gasteiger partial charge in [0.25, 0.3) is 0 Å². The molecule has 0 saturated carbocycles. The molecule has 6 atom stereocenters. The summed E-state index contributed by atoms with van der Waals surface area (Å²) < 4.78 is 22.9. The molecule has 0 aromatic carbocycles. The molecule has 1 aliphatic heterocycles. The quantitative estimate of drug-likeness (QED) is 0.0267. The zero-order valence-electron chi connectivity index (χ0n) is 41.3. The molecule has 0 spiro atoms. The highest BCUT2D eigenvalue weighted by Gasteiger charge is 2.44. The average molecular weight is 905 g/mol. The summed E-state index contributed by atoms with van der Waals surface area (Å²) in [5.41, 5.74) is 0. The van der Waals surface area contributed by atoms with Gasteiger partial charge in [0, 0.05) is 13.0 Å². The first-order valence-corrected chi connectivity index (χ1v) is 26.7. The van der Waals surface area contributed by atoms with Gasteiger partial charge in [-0.15, -0.1) is 0 Å². The molecule has 0 bridgehead atoms. The first-order valence-electron chi connectivity index (χ1n) is 26.7. The van der Waals surface area contributed by atoms with Crippen LogP contribution in [0.15, 0.2) is 48.6 Å². The van der Waals surface area contributed by atoms with Crippen LogP contribution in [0.2, 0.25) is 0 Å². The smallest absolute Gasteiger partial charge is 0.306 e. The van der Waals surface area contributed by atoms with E-state index in [0.29, 0.717) is 13.0 Å². The highest BCUT2D eigenvalue weighted by molar-refractivity contribution is 5.69. The predicted molar refractivity (Wildman–Crippen MR) is 265 cm³/mol. The molecule has 0 aliphatic carbocycles. The number of carbonyl (C=O) groups excluding carboxylic acids is 1. The fourth-order valence-corrected chi connectivity index (χ4v) is 8.13. The number of allylic oxidation sites excluding steroid dienone is 8.